The van der Waals surface area contributed by atoms with Gasteiger partial charge in [-0.1, -0.05) is 37.5 Å². The minimum Gasteiger partial charge on any atom is -0.360 e. The van der Waals surface area contributed by atoms with Crippen molar-refractivity contribution in [1.82, 2.24) is 10.3 Å². The molecule has 2 heterocycles. The van der Waals surface area contributed by atoms with Gasteiger partial charge in [0.15, 0.2) is 11.6 Å². The summed E-state index contributed by atoms with van der Waals surface area (Å²) in [5.74, 6) is 0.957. The van der Waals surface area contributed by atoms with Crippen molar-refractivity contribution in [1.29, 1.82) is 0 Å². The molecule has 2 aromatic heterocycles. The molecule has 0 atom stereocenters. The highest BCUT2D eigenvalue weighted by Gasteiger charge is 2.44. The van der Waals surface area contributed by atoms with E-state index < -0.39 is 0 Å². The Labute approximate surface area is 162 Å². The summed E-state index contributed by atoms with van der Waals surface area (Å²) in [5.41, 5.74) is 1.30. The van der Waals surface area contributed by atoms with Crippen LogP contribution in [0.15, 0.2) is 10.6 Å². The highest BCUT2D eigenvalue weighted by atomic mass is 32.1. The van der Waals surface area contributed by atoms with Crippen LogP contribution < -0.4 is 4.68 Å². The second-order valence-corrected chi connectivity index (χ2v) is 11.9. The molecule has 0 amide bonds. The van der Waals surface area contributed by atoms with Crippen LogP contribution in [-0.4, -0.2) is 10.3 Å². The van der Waals surface area contributed by atoms with Crippen LogP contribution in [0.25, 0.3) is 0 Å². The smallest absolute Gasteiger partial charge is 0.270 e. The van der Waals surface area contributed by atoms with Gasteiger partial charge in [0.1, 0.15) is 5.76 Å². The van der Waals surface area contributed by atoms with Gasteiger partial charge in [-0.2, -0.15) is 0 Å². The van der Waals surface area contributed by atoms with E-state index in [1.807, 2.05) is 11.3 Å². The SMILES string of the molecule is CC(C)(C)c1n[n+](CC(C)(C)c2cc(C3(C)CC3)no2)c(C(C)(C)C)s1. The lowest BCUT2D eigenvalue weighted by Gasteiger charge is -2.18. The summed E-state index contributed by atoms with van der Waals surface area (Å²) in [6.07, 6.45) is 2.42. The highest BCUT2D eigenvalue weighted by Crippen LogP contribution is 2.47. The highest BCUT2D eigenvalue weighted by molar-refractivity contribution is 7.11. The molecule has 0 bridgehead atoms. The third-order valence-corrected chi connectivity index (χ3v) is 7.17. The first-order valence-corrected chi connectivity index (χ1v) is 10.4. The lowest BCUT2D eigenvalue weighted by atomic mass is 9.88. The summed E-state index contributed by atoms with van der Waals surface area (Å²) < 4.78 is 7.98. The van der Waals surface area contributed by atoms with Crippen molar-refractivity contribution >= 4 is 11.3 Å². The van der Waals surface area contributed by atoms with E-state index >= 15 is 0 Å². The summed E-state index contributed by atoms with van der Waals surface area (Å²) in [6, 6.07) is 2.17. The molecular formula is C21H34N3OS+. The quantitative estimate of drug-likeness (QED) is 0.702. The topological polar surface area (TPSA) is 42.8 Å². The van der Waals surface area contributed by atoms with E-state index in [0.29, 0.717) is 0 Å². The molecule has 4 nitrogen and oxygen atoms in total. The molecule has 144 valence electrons. The zero-order valence-electron chi connectivity index (χ0n) is 17.9. The van der Waals surface area contributed by atoms with Gasteiger partial charge in [-0.3, -0.25) is 0 Å². The number of aromatic nitrogens is 3. The summed E-state index contributed by atoms with van der Waals surface area (Å²) in [6.45, 7) is 21.0. The fourth-order valence-electron chi connectivity index (χ4n) is 3.04. The minimum absolute atomic E-state index is 0.0556. The van der Waals surface area contributed by atoms with E-state index in [0.717, 1.165) is 18.0 Å². The average Bonchev–Trinajstić information content (AvgIpc) is 2.93. The number of hydrogen-bond donors (Lipinski definition) is 0. The Kier molecular flexibility index (Phi) is 4.42. The maximum Gasteiger partial charge on any atom is 0.270 e. The average molecular weight is 377 g/mol. The molecule has 5 heteroatoms. The third kappa shape index (κ3) is 3.73. The van der Waals surface area contributed by atoms with Crippen molar-refractivity contribution in [3.05, 3.63) is 27.5 Å². The number of hydrogen-bond acceptors (Lipinski definition) is 4. The Morgan fingerprint density at radius 3 is 2.19 bits per heavy atom. The maximum absolute atomic E-state index is 5.78. The molecule has 0 spiro atoms. The molecule has 3 rings (SSSR count). The first-order valence-electron chi connectivity index (χ1n) is 9.62. The maximum atomic E-state index is 5.78. The lowest BCUT2D eigenvalue weighted by molar-refractivity contribution is -0.764. The first-order chi connectivity index (χ1) is 11.7. The van der Waals surface area contributed by atoms with E-state index in [1.54, 1.807) is 0 Å². The van der Waals surface area contributed by atoms with Crippen molar-refractivity contribution in [2.45, 2.75) is 103 Å². The molecule has 2 aromatic rings. The Hall–Kier alpha value is -1.23. The van der Waals surface area contributed by atoms with Gasteiger partial charge in [0.25, 0.3) is 5.01 Å². The third-order valence-electron chi connectivity index (χ3n) is 5.26. The second kappa shape index (κ2) is 5.88. The standard InChI is InChI=1S/C21H34N3OS/c1-18(2,3)16-22-24(17(26-16)19(4,5)6)13-20(7,8)15-12-14(23-25-15)21(9)10-11-21/h12H,10-11,13H2,1-9H3/q+1. The van der Waals surface area contributed by atoms with E-state index in [2.05, 4.69) is 78.2 Å². The largest absolute Gasteiger partial charge is 0.360 e. The van der Waals surface area contributed by atoms with Gasteiger partial charge in [0, 0.05) is 22.0 Å². The molecular weight excluding hydrogens is 342 g/mol. The van der Waals surface area contributed by atoms with Crippen LogP contribution in [-0.2, 0) is 28.2 Å². The summed E-state index contributed by atoms with van der Waals surface area (Å²) in [7, 11) is 0. The summed E-state index contributed by atoms with van der Waals surface area (Å²) in [4.78, 5) is 0. The van der Waals surface area contributed by atoms with E-state index in [1.165, 1.54) is 22.9 Å². The van der Waals surface area contributed by atoms with E-state index in [9.17, 15) is 0 Å². The van der Waals surface area contributed by atoms with Gasteiger partial charge < -0.3 is 4.52 Å². The monoisotopic (exact) mass is 376 g/mol. The van der Waals surface area contributed by atoms with E-state index in [-0.39, 0.29) is 21.7 Å². The van der Waals surface area contributed by atoms with Crippen molar-refractivity contribution in [2.75, 3.05) is 0 Å². The Morgan fingerprint density at radius 1 is 1.08 bits per heavy atom. The van der Waals surface area contributed by atoms with Gasteiger partial charge >= 0.3 is 0 Å². The van der Waals surface area contributed by atoms with Crippen molar-refractivity contribution in [3.63, 3.8) is 0 Å². The van der Waals surface area contributed by atoms with Crippen LogP contribution in [0, 0.1) is 0 Å². The van der Waals surface area contributed by atoms with Crippen molar-refractivity contribution in [2.24, 2.45) is 0 Å². The second-order valence-electron chi connectivity index (χ2n) is 10.9. The molecule has 0 aromatic carbocycles. The predicted octanol–water partition coefficient (Wildman–Crippen LogP) is 5.04. The Bertz CT molecular complexity index is 798. The Morgan fingerprint density at radius 2 is 1.69 bits per heavy atom. The molecule has 1 aliphatic rings. The van der Waals surface area contributed by atoms with Gasteiger partial charge in [-0.15, -0.1) is 0 Å². The fourth-order valence-corrected chi connectivity index (χ4v) is 4.19. The van der Waals surface area contributed by atoms with Gasteiger partial charge in [-0.25, -0.2) is 0 Å². The molecule has 0 radical (unpaired) electrons. The van der Waals surface area contributed by atoms with Gasteiger partial charge in [0.2, 0.25) is 0 Å². The molecule has 0 aliphatic heterocycles. The summed E-state index contributed by atoms with van der Waals surface area (Å²) in [5, 5.41) is 11.9. The minimum atomic E-state index is -0.162. The van der Waals surface area contributed by atoms with Crippen molar-refractivity contribution < 1.29 is 9.20 Å². The first kappa shape index (κ1) is 19.5. The zero-order valence-corrected chi connectivity index (χ0v) is 18.7. The van der Waals surface area contributed by atoms with Crippen molar-refractivity contribution in [3.8, 4) is 0 Å². The molecule has 1 aliphatic carbocycles. The molecule has 0 unspecified atom stereocenters. The van der Waals surface area contributed by atoms with E-state index in [4.69, 9.17) is 9.62 Å². The summed E-state index contributed by atoms with van der Waals surface area (Å²) >= 11 is 1.83. The molecule has 0 N–H and O–H groups in total. The van der Waals surface area contributed by atoms with Crippen LogP contribution in [0.4, 0.5) is 0 Å². The lowest BCUT2D eigenvalue weighted by Crippen LogP contribution is -2.50. The van der Waals surface area contributed by atoms with Crippen LogP contribution in [0.5, 0.6) is 0 Å². The molecule has 0 saturated heterocycles. The molecule has 26 heavy (non-hydrogen) atoms. The Balaban J connectivity index is 1.93. The van der Waals surface area contributed by atoms with Crippen LogP contribution in [0.1, 0.15) is 96.6 Å². The predicted molar refractivity (Wildman–Crippen MR) is 106 cm³/mol. The van der Waals surface area contributed by atoms with Crippen LogP contribution in [0.2, 0.25) is 0 Å². The normalized spacial score (nSPS) is 17.6. The molecule has 1 saturated carbocycles. The van der Waals surface area contributed by atoms with Crippen LogP contribution in [0.3, 0.4) is 0 Å². The van der Waals surface area contributed by atoms with Gasteiger partial charge in [-0.05, 0) is 58.8 Å². The number of rotatable bonds is 4. The van der Waals surface area contributed by atoms with Crippen LogP contribution >= 0.6 is 11.3 Å². The fraction of sp³-hybridized carbons (Fsp3) is 0.762. The molecule has 1 fully saturated rings. The zero-order chi connectivity index (χ0) is 19.5. The van der Waals surface area contributed by atoms with Gasteiger partial charge in [0.05, 0.1) is 16.5 Å². The number of nitrogens with zero attached hydrogens (tertiary/aromatic N) is 3.